The molecule has 0 radical (unpaired) electrons. The van der Waals surface area contributed by atoms with Gasteiger partial charge in [0.25, 0.3) is 11.6 Å². The molecule has 0 bridgehead atoms. The fraction of sp³-hybridized carbons (Fsp3) is 0.429. The van der Waals surface area contributed by atoms with Crippen LogP contribution in [0, 0.1) is 17.0 Å². The van der Waals surface area contributed by atoms with E-state index >= 15 is 0 Å². The fourth-order valence-corrected chi connectivity index (χ4v) is 2.40. The second kappa shape index (κ2) is 5.16. The van der Waals surface area contributed by atoms with Crippen LogP contribution in [-0.4, -0.2) is 40.3 Å². The minimum Gasteiger partial charge on any atom is -0.352 e. The molecule has 0 saturated carbocycles. The fourth-order valence-electron chi connectivity index (χ4n) is 2.40. The van der Waals surface area contributed by atoms with Gasteiger partial charge in [-0.25, -0.2) is 0 Å². The number of benzene rings is 1. The summed E-state index contributed by atoms with van der Waals surface area (Å²) in [6, 6.07) is 4.25. The second-order valence-electron chi connectivity index (χ2n) is 5.59. The molecule has 21 heavy (non-hydrogen) atoms. The number of nitro benzene ring substituents is 1. The topological polar surface area (TPSA) is 92.6 Å². The van der Waals surface area contributed by atoms with Crippen molar-refractivity contribution in [1.29, 1.82) is 0 Å². The van der Waals surface area contributed by atoms with Crippen LogP contribution < -0.4 is 5.32 Å². The largest absolute Gasteiger partial charge is 0.352 e. The number of nitrogens with zero attached hydrogens (tertiary/aromatic N) is 2. The maximum absolute atomic E-state index is 12.6. The van der Waals surface area contributed by atoms with Gasteiger partial charge < -0.3 is 10.2 Å². The monoisotopic (exact) mass is 291 g/mol. The van der Waals surface area contributed by atoms with Gasteiger partial charge in [-0.1, -0.05) is 0 Å². The van der Waals surface area contributed by atoms with Gasteiger partial charge in [0.05, 0.1) is 4.92 Å². The van der Waals surface area contributed by atoms with E-state index in [4.69, 9.17) is 0 Å². The van der Waals surface area contributed by atoms with Crippen LogP contribution in [-0.2, 0) is 4.79 Å². The Morgan fingerprint density at radius 3 is 2.67 bits per heavy atom. The predicted molar refractivity (Wildman–Crippen MR) is 76.0 cm³/mol. The zero-order valence-electron chi connectivity index (χ0n) is 12.2. The van der Waals surface area contributed by atoms with Gasteiger partial charge in [0.2, 0.25) is 5.91 Å². The summed E-state index contributed by atoms with van der Waals surface area (Å²) in [6.45, 7) is 5.76. The molecule has 0 atom stereocenters. The lowest BCUT2D eigenvalue weighted by Crippen LogP contribution is -2.63. The van der Waals surface area contributed by atoms with Gasteiger partial charge in [0.1, 0.15) is 5.54 Å². The lowest BCUT2D eigenvalue weighted by molar-refractivity contribution is -0.384. The van der Waals surface area contributed by atoms with Crippen molar-refractivity contribution in [3.8, 4) is 0 Å². The van der Waals surface area contributed by atoms with Crippen molar-refractivity contribution in [3.05, 3.63) is 39.4 Å². The molecule has 0 spiro atoms. The Bertz CT molecular complexity index is 625. The van der Waals surface area contributed by atoms with Crippen LogP contribution in [0.4, 0.5) is 5.69 Å². The molecule has 1 N–H and O–H groups in total. The van der Waals surface area contributed by atoms with E-state index in [0.717, 1.165) is 0 Å². The molecule has 1 aromatic carbocycles. The minimum absolute atomic E-state index is 0.127. The molecule has 1 aromatic rings. The van der Waals surface area contributed by atoms with Crippen LogP contribution in [0.25, 0.3) is 0 Å². The van der Waals surface area contributed by atoms with E-state index < -0.39 is 10.5 Å². The number of rotatable bonds is 2. The highest BCUT2D eigenvalue weighted by molar-refractivity contribution is 6.00. The summed E-state index contributed by atoms with van der Waals surface area (Å²) in [7, 11) is 0. The van der Waals surface area contributed by atoms with Crippen LogP contribution in [0.1, 0.15) is 29.8 Å². The first-order valence-corrected chi connectivity index (χ1v) is 6.60. The number of carbonyl (C=O) groups excluding carboxylic acids is 2. The number of hydrogen-bond donors (Lipinski definition) is 1. The first kappa shape index (κ1) is 15.0. The third-order valence-corrected chi connectivity index (χ3v) is 3.62. The summed E-state index contributed by atoms with van der Waals surface area (Å²) >= 11 is 0. The Morgan fingerprint density at radius 2 is 2.05 bits per heavy atom. The minimum atomic E-state index is -0.978. The van der Waals surface area contributed by atoms with Crippen LogP contribution in [0.5, 0.6) is 0 Å². The Hall–Kier alpha value is -2.44. The van der Waals surface area contributed by atoms with Gasteiger partial charge in [-0.05, 0) is 32.4 Å². The van der Waals surface area contributed by atoms with Crippen molar-refractivity contribution >= 4 is 17.5 Å². The Labute approximate surface area is 122 Å². The van der Waals surface area contributed by atoms with Gasteiger partial charge in [-0.2, -0.15) is 0 Å². The lowest BCUT2D eigenvalue weighted by Gasteiger charge is -2.41. The van der Waals surface area contributed by atoms with E-state index in [9.17, 15) is 19.7 Å². The van der Waals surface area contributed by atoms with E-state index in [1.54, 1.807) is 26.8 Å². The van der Waals surface area contributed by atoms with Crippen molar-refractivity contribution in [2.75, 3.05) is 13.1 Å². The van der Waals surface area contributed by atoms with Crippen molar-refractivity contribution in [3.63, 3.8) is 0 Å². The maximum Gasteiger partial charge on any atom is 0.270 e. The molecule has 1 saturated heterocycles. The van der Waals surface area contributed by atoms with Crippen LogP contribution in [0.3, 0.4) is 0 Å². The number of aryl methyl sites for hydroxylation is 1. The van der Waals surface area contributed by atoms with Crippen molar-refractivity contribution in [2.24, 2.45) is 0 Å². The molecule has 7 heteroatoms. The number of piperazine rings is 1. The Kier molecular flexibility index (Phi) is 3.67. The molecule has 7 nitrogen and oxygen atoms in total. The zero-order valence-corrected chi connectivity index (χ0v) is 12.2. The number of amides is 2. The van der Waals surface area contributed by atoms with E-state index in [1.165, 1.54) is 17.0 Å². The number of nitro groups is 1. The standard InChI is InChI=1S/C14H17N3O4/c1-9-6-10(8-11(7-9)17(20)21)12(18)16-5-4-15-13(19)14(16,2)3/h6-8H,4-5H2,1-3H3,(H,15,19). The van der Waals surface area contributed by atoms with E-state index in [2.05, 4.69) is 5.32 Å². The van der Waals surface area contributed by atoms with Gasteiger partial charge in [-0.3, -0.25) is 19.7 Å². The molecular weight excluding hydrogens is 274 g/mol. The number of nitrogens with one attached hydrogen (secondary N) is 1. The second-order valence-corrected chi connectivity index (χ2v) is 5.59. The molecule has 1 heterocycles. The molecule has 1 aliphatic heterocycles. The summed E-state index contributed by atoms with van der Waals surface area (Å²) in [5.74, 6) is -0.606. The van der Waals surface area contributed by atoms with Gasteiger partial charge in [0, 0.05) is 30.8 Å². The normalized spacial score (nSPS) is 17.3. The summed E-state index contributed by atoms with van der Waals surface area (Å²) < 4.78 is 0. The number of non-ortho nitro benzene ring substituents is 1. The van der Waals surface area contributed by atoms with Crippen LogP contribution in [0.2, 0.25) is 0 Å². The number of carbonyl (C=O) groups is 2. The van der Waals surface area contributed by atoms with E-state index in [1.807, 2.05) is 0 Å². The molecule has 1 aliphatic rings. The summed E-state index contributed by atoms with van der Waals surface area (Å²) in [5, 5.41) is 13.6. The first-order valence-electron chi connectivity index (χ1n) is 6.60. The molecule has 0 aliphatic carbocycles. The third-order valence-electron chi connectivity index (χ3n) is 3.62. The highest BCUT2D eigenvalue weighted by Crippen LogP contribution is 2.23. The predicted octanol–water partition coefficient (Wildman–Crippen LogP) is 1.25. The first-order chi connectivity index (χ1) is 9.73. The molecular formula is C14H17N3O4. The molecule has 0 unspecified atom stereocenters. The lowest BCUT2D eigenvalue weighted by atomic mass is 9.97. The number of hydrogen-bond acceptors (Lipinski definition) is 4. The highest BCUT2D eigenvalue weighted by Gasteiger charge is 2.40. The van der Waals surface area contributed by atoms with Gasteiger partial charge in [-0.15, -0.1) is 0 Å². The molecule has 0 aromatic heterocycles. The highest BCUT2D eigenvalue weighted by atomic mass is 16.6. The quantitative estimate of drug-likeness (QED) is 0.655. The molecule has 112 valence electrons. The molecule has 2 rings (SSSR count). The Morgan fingerprint density at radius 1 is 1.38 bits per heavy atom. The van der Waals surface area contributed by atoms with Gasteiger partial charge in [0.15, 0.2) is 0 Å². The third kappa shape index (κ3) is 2.72. The molecule has 2 amide bonds. The summed E-state index contributed by atoms with van der Waals surface area (Å²) in [5.41, 5.74) is -0.248. The van der Waals surface area contributed by atoms with Gasteiger partial charge >= 0.3 is 0 Å². The summed E-state index contributed by atoms with van der Waals surface area (Å²) in [6.07, 6.45) is 0. The zero-order chi connectivity index (χ0) is 15.8. The summed E-state index contributed by atoms with van der Waals surface area (Å²) in [4.78, 5) is 36.3. The van der Waals surface area contributed by atoms with Crippen LogP contribution in [0.15, 0.2) is 18.2 Å². The van der Waals surface area contributed by atoms with Crippen LogP contribution >= 0.6 is 0 Å². The SMILES string of the molecule is Cc1cc(C(=O)N2CCNC(=O)C2(C)C)cc([N+](=O)[O-])c1. The van der Waals surface area contributed by atoms with E-state index in [-0.39, 0.29) is 23.1 Å². The van der Waals surface area contributed by atoms with E-state index in [0.29, 0.717) is 18.7 Å². The smallest absolute Gasteiger partial charge is 0.270 e. The molecule has 1 fully saturated rings. The van der Waals surface area contributed by atoms with Crippen molar-refractivity contribution < 1.29 is 14.5 Å². The Balaban J connectivity index is 2.40. The average Bonchev–Trinajstić information content (AvgIpc) is 2.40. The maximum atomic E-state index is 12.6. The average molecular weight is 291 g/mol. The van der Waals surface area contributed by atoms with Crippen molar-refractivity contribution in [1.82, 2.24) is 10.2 Å². The van der Waals surface area contributed by atoms with Crippen molar-refractivity contribution in [2.45, 2.75) is 26.3 Å².